The Balaban J connectivity index is 2.61. The highest BCUT2D eigenvalue weighted by molar-refractivity contribution is 6.31. The summed E-state index contributed by atoms with van der Waals surface area (Å²) in [7, 11) is 0. The second-order valence-electron chi connectivity index (χ2n) is 4.65. The fraction of sp³-hybridized carbons (Fsp3) is 0.429. The van der Waals surface area contributed by atoms with Gasteiger partial charge in [-0.1, -0.05) is 17.7 Å². The lowest BCUT2D eigenvalue weighted by molar-refractivity contribution is -0.141. The molecule has 0 aliphatic rings. The van der Waals surface area contributed by atoms with E-state index in [1.165, 1.54) is 0 Å². The van der Waals surface area contributed by atoms with Crippen molar-refractivity contribution < 1.29 is 14.7 Å². The number of benzene rings is 1. The van der Waals surface area contributed by atoms with Gasteiger partial charge < -0.3 is 21.5 Å². The Kier molecular flexibility index (Phi) is 7.14. The molecule has 0 bridgehead atoms. The number of amides is 1. The molecule has 0 saturated heterocycles. The number of aliphatic carboxylic acids is 1. The maximum atomic E-state index is 11.9. The van der Waals surface area contributed by atoms with E-state index in [0.717, 1.165) is 5.56 Å². The molecule has 1 aromatic rings. The van der Waals surface area contributed by atoms with Gasteiger partial charge in [-0.3, -0.25) is 9.59 Å². The maximum Gasteiger partial charge on any atom is 0.321 e. The number of carbonyl (C=O) groups is 2. The number of anilines is 1. The van der Waals surface area contributed by atoms with Crippen LogP contribution in [0.1, 0.15) is 18.4 Å². The molecular formula is C14H20ClN3O3. The highest BCUT2D eigenvalue weighted by Gasteiger charge is 2.20. The maximum absolute atomic E-state index is 11.9. The van der Waals surface area contributed by atoms with E-state index in [4.69, 9.17) is 22.4 Å². The molecule has 0 spiro atoms. The molecule has 0 aliphatic carbocycles. The van der Waals surface area contributed by atoms with Crippen LogP contribution in [0.4, 0.5) is 5.69 Å². The molecule has 7 heteroatoms. The summed E-state index contributed by atoms with van der Waals surface area (Å²) in [6.45, 7) is 2.70. The lowest BCUT2D eigenvalue weighted by atomic mass is 10.1. The van der Waals surface area contributed by atoms with E-state index < -0.39 is 12.0 Å². The van der Waals surface area contributed by atoms with E-state index in [-0.39, 0.29) is 12.3 Å². The lowest BCUT2D eigenvalue weighted by Crippen LogP contribution is -2.40. The fourth-order valence-electron chi connectivity index (χ4n) is 1.75. The van der Waals surface area contributed by atoms with E-state index in [1.54, 1.807) is 25.1 Å². The van der Waals surface area contributed by atoms with Crippen LogP contribution in [0.5, 0.6) is 0 Å². The molecule has 0 saturated carbocycles. The molecule has 0 unspecified atom stereocenters. The van der Waals surface area contributed by atoms with E-state index >= 15 is 0 Å². The number of nitrogens with one attached hydrogen (secondary N) is 2. The summed E-state index contributed by atoms with van der Waals surface area (Å²) < 4.78 is 0. The third kappa shape index (κ3) is 5.71. The van der Waals surface area contributed by atoms with Crippen molar-refractivity contribution in [3.8, 4) is 0 Å². The summed E-state index contributed by atoms with van der Waals surface area (Å²) in [5.74, 6) is -1.45. The molecular weight excluding hydrogens is 294 g/mol. The van der Waals surface area contributed by atoms with Gasteiger partial charge in [-0.25, -0.2) is 0 Å². The van der Waals surface area contributed by atoms with Gasteiger partial charge in [0.05, 0.1) is 6.42 Å². The van der Waals surface area contributed by atoms with Crippen LogP contribution in [0.2, 0.25) is 5.02 Å². The van der Waals surface area contributed by atoms with Crippen molar-refractivity contribution in [1.29, 1.82) is 0 Å². The molecule has 1 aromatic carbocycles. The molecule has 1 amide bonds. The number of carboxylic acids is 1. The van der Waals surface area contributed by atoms with E-state index in [1.807, 2.05) is 0 Å². The predicted molar refractivity (Wildman–Crippen MR) is 82.5 cm³/mol. The van der Waals surface area contributed by atoms with Crippen molar-refractivity contribution in [2.45, 2.75) is 25.8 Å². The first kappa shape index (κ1) is 17.4. The molecule has 1 rings (SSSR count). The standard InChI is InChI=1S/C14H20ClN3O3/c1-9-10(15)4-2-5-11(9)18-13(19)8-12(14(20)21)17-7-3-6-16/h2,4-5,12,17H,3,6-8,16H2,1H3,(H,18,19)(H,20,21)/t12-/m1/s1. The van der Waals surface area contributed by atoms with Crippen LogP contribution in [-0.2, 0) is 9.59 Å². The fourth-order valence-corrected chi connectivity index (χ4v) is 1.93. The van der Waals surface area contributed by atoms with Crippen molar-refractivity contribution in [3.05, 3.63) is 28.8 Å². The van der Waals surface area contributed by atoms with Crippen molar-refractivity contribution in [1.82, 2.24) is 5.32 Å². The van der Waals surface area contributed by atoms with Crippen LogP contribution in [-0.4, -0.2) is 36.1 Å². The summed E-state index contributed by atoms with van der Waals surface area (Å²) in [4.78, 5) is 23.0. The number of carbonyl (C=O) groups excluding carboxylic acids is 1. The number of hydrogen-bond donors (Lipinski definition) is 4. The Morgan fingerprint density at radius 3 is 2.76 bits per heavy atom. The summed E-state index contributed by atoms with van der Waals surface area (Å²) in [5.41, 5.74) is 6.67. The monoisotopic (exact) mass is 313 g/mol. The van der Waals surface area contributed by atoms with Crippen LogP contribution in [0.25, 0.3) is 0 Å². The molecule has 21 heavy (non-hydrogen) atoms. The van der Waals surface area contributed by atoms with Gasteiger partial charge in [-0.2, -0.15) is 0 Å². The van der Waals surface area contributed by atoms with Crippen LogP contribution in [0.15, 0.2) is 18.2 Å². The lowest BCUT2D eigenvalue weighted by Gasteiger charge is -2.15. The van der Waals surface area contributed by atoms with E-state index in [9.17, 15) is 9.59 Å². The van der Waals surface area contributed by atoms with Gasteiger partial charge in [0.25, 0.3) is 0 Å². The third-order valence-corrected chi connectivity index (χ3v) is 3.41. The molecule has 5 N–H and O–H groups in total. The van der Waals surface area contributed by atoms with Crippen molar-refractivity contribution >= 4 is 29.2 Å². The van der Waals surface area contributed by atoms with E-state index in [0.29, 0.717) is 30.2 Å². The molecule has 0 fully saturated rings. The molecule has 116 valence electrons. The summed E-state index contributed by atoms with van der Waals surface area (Å²) >= 11 is 5.97. The highest BCUT2D eigenvalue weighted by atomic mass is 35.5. The normalized spacial score (nSPS) is 12.0. The van der Waals surface area contributed by atoms with Crippen LogP contribution in [0, 0.1) is 6.92 Å². The minimum absolute atomic E-state index is 0.161. The Hall–Kier alpha value is -1.63. The van der Waals surface area contributed by atoms with Crippen molar-refractivity contribution in [2.24, 2.45) is 5.73 Å². The largest absolute Gasteiger partial charge is 0.480 e. The van der Waals surface area contributed by atoms with Gasteiger partial charge >= 0.3 is 5.97 Å². The average Bonchev–Trinajstić information content (AvgIpc) is 2.43. The molecule has 0 radical (unpaired) electrons. The van der Waals surface area contributed by atoms with Gasteiger partial charge in [-0.05, 0) is 44.1 Å². The number of carboxylic acid groups (broad SMARTS) is 1. The smallest absolute Gasteiger partial charge is 0.321 e. The number of rotatable bonds is 8. The SMILES string of the molecule is Cc1c(Cl)cccc1NC(=O)C[C@@H](NCCCN)C(=O)O. The predicted octanol–water partition coefficient (Wildman–Crippen LogP) is 1.37. The summed E-state index contributed by atoms with van der Waals surface area (Å²) in [6.07, 6.45) is 0.491. The number of hydrogen-bond acceptors (Lipinski definition) is 4. The average molecular weight is 314 g/mol. The zero-order valence-electron chi connectivity index (χ0n) is 11.9. The van der Waals surface area contributed by atoms with Gasteiger partial charge in [0.1, 0.15) is 6.04 Å². The Labute approximate surface area is 128 Å². The van der Waals surface area contributed by atoms with Crippen molar-refractivity contribution in [3.63, 3.8) is 0 Å². The number of halogens is 1. The molecule has 1 atom stereocenters. The second-order valence-corrected chi connectivity index (χ2v) is 5.06. The topological polar surface area (TPSA) is 104 Å². The zero-order valence-corrected chi connectivity index (χ0v) is 12.6. The Bertz CT molecular complexity index is 508. The van der Waals surface area contributed by atoms with Gasteiger partial charge in [-0.15, -0.1) is 0 Å². The second kappa shape index (κ2) is 8.61. The summed E-state index contributed by atoms with van der Waals surface area (Å²) in [6, 6.07) is 4.23. The first-order valence-corrected chi connectivity index (χ1v) is 7.04. The molecule has 0 aromatic heterocycles. The van der Waals surface area contributed by atoms with Crippen LogP contribution >= 0.6 is 11.6 Å². The van der Waals surface area contributed by atoms with Gasteiger partial charge in [0, 0.05) is 10.7 Å². The van der Waals surface area contributed by atoms with E-state index in [2.05, 4.69) is 10.6 Å². The van der Waals surface area contributed by atoms with Crippen LogP contribution < -0.4 is 16.4 Å². The molecule has 0 heterocycles. The van der Waals surface area contributed by atoms with Crippen molar-refractivity contribution in [2.75, 3.05) is 18.4 Å². The van der Waals surface area contributed by atoms with Crippen LogP contribution in [0.3, 0.4) is 0 Å². The quantitative estimate of drug-likeness (QED) is 0.543. The minimum atomic E-state index is -1.06. The molecule has 6 nitrogen and oxygen atoms in total. The zero-order chi connectivity index (χ0) is 15.8. The van der Waals surface area contributed by atoms with Gasteiger partial charge in [0.15, 0.2) is 0 Å². The molecule has 0 aliphatic heterocycles. The number of nitrogens with two attached hydrogens (primary N) is 1. The Morgan fingerprint density at radius 1 is 1.43 bits per heavy atom. The first-order valence-electron chi connectivity index (χ1n) is 6.67. The minimum Gasteiger partial charge on any atom is -0.480 e. The third-order valence-electron chi connectivity index (χ3n) is 3.00. The van der Waals surface area contributed by atoms with Gasteiger partial charge in [0.2, 0.25) is 5.91 Å². The Morgan fingerprint density at radius 2 is 2.14 bits per heavy atom. The summed E-state index contributed by atoms with van der Waals surface area (Å²) in [5, 5.41) is 15.1. The highest BCUT2D eigenvalue weighted by Crippen LogP contribution is 2.23. The first-order chi connectivity index (χ1) is 9.95.